The second-order valence-corrected chi connectivity index (χ2v) is 8.72. The molecule has 2 aliphatic rings. The summed E-state index contributed by atoms with van der Waals surface area (Å²) in [6.45, 7) is 1.10. The maximum absolute atomic E-state index is 13.0. The normalized spacial score (nSPS) is 16.1. The second-order valence-electron chi connectivity index (χ2n) is 8.72. The van der Waals surface area contributed by atoms with Crippen molar-refractivity contribution in [2.24, 2.45) is 5.92 Å². The van der Waals surface area contributed by atoms with E-state index < -0.39 is 18.1 Å². The van der Waals surface area contributed by atoms with Crippen LogP contribution >= 0.6 is 0 Å². The van der Waals surface area contributed by atoms with Crippen molar-refractivity contribution in [1.82, 2.24) is 10.2 Å². The summed E-state index contributed by atoms with van der Waals surface area (Å²) >= 11 is 0. The predicted octanol–water partition coefficient (Wildman–Crippen LogP) is 3.63. The van der Waals surface area contributed by atoms with E-state index in [2.05, 4.69) is 23.4 Å². The Balaban J connectivity index is 1.41. The second kappa shape index (κ2) is 10.4. The summed E-state index contributed by atoms with van der Waals surface area (Å²) in [6, 6.07) is 15.1. The number of rotatable bonds is 7. The highest BCUT2D eigenvalue weighted by Crippen LogP contribution is 2.44. The molecule has 4 rings (SSSR count). The topological polar surface area (TPSA) is 95.9 Å². The van der Waals surface area contributed by atoms with Gasteiger partial charge in [-0.25, -0.2) is 4.79 Å². The summed E-state index contributed by atoms with van der Waals surface area (Å²) in [5, 5.41) is 11.7. The number of carboxylic acid groups (broad SMARTS) is 1. The van der Waals surface area contributed by atoms with Crippen molar-refractivity contribution in [3.05, 3.63) is 59.7 Å². The lowest BCUT2D eigenvalue weighted by Gasteiger charge is -2.32. The molecular formula is C27H28N2O5. The number of aliphatic carboxylic acids is 1. The Morgan fingerprint density at radius 2 is 1.65 bits per heavy atom. The Kier molecular flexibility index (Phi) is 7.17. The van der Waals surface area contributed by atoms with E-state index in [1.165, 1.54) is 0 Å². The van der Waals surface area contributed by atoms with Crippen LogP contribution < -0.4 is 5.32 Å². The minimum atomic E-state index is -1.03. The van der Waals surface area contributed by atoms with Crippen LogP contribution in [-0.2, 0) is 14.3 Å². The van der Waals surface area contributed by atoms with Crippen LogP contribution in [0, 0.1) is 18.3 Å². The molecule has 7 heteroatoms. The van der Waals surface area contributed by atoms with E-state index in [0.29, 0.717) is 25.9 Å². The molecule has 1 fully saturated rings. The van der Waals surface area contributed by atoms with Crippen molar-refractivity contribution in [1.29, 1.82) is 0 Å². The lowest BCUT2D eigenvalue weighted by Crippen LogP contribution is -2.51. The number of likely N-dealkylation sites (tertiary alicyclic amines) is 1. The lowest BCUT2D eigenvalue weighted by molar-refractivity contribution is -0.138. The number of ether oxygens (including phenoxy) is 1. The number of carbonyl (C=O) groups is 3. The zero-order valence-electron chi connectivity index (χ0n) is 18.9. The highest BCUT2D eigenvalue weighted by atomic mass is 16.5. The number of fused-ring (bicyclic) bond motifs is 3. The summed E-state index contributed by atoms with van der Waals surface area (Å²) in [5.41, 5.74) is 4.42. The van der Waals surface area contributed by atoms with Crippen molar-refractivity contribution in [3.8, 4) is 23.5 Å². The number of terminal acetylenes is 1. The number of nitrogens with zero attached hydrogens (tertiary/aromatic N) is 1. The molecular weight excluding hydrogens is 432 g/mol. The van der Waals surface area contributed by atoms with Crippen LogP contribution in [0.5, 0.6) is 0 Å². The van der Waals surface area contributed by atoms with E-state index in [1.807, 2.05) is 36.4 Å². The molecule has 2 aromatic carbocycles. The van der Waals surface area contributed by atoms with Crippen LogP contribution in [0.1, 0.15) is 42.7 Å². The van der Waals surface area contributed by atoms with Gasteiger partial charge in [0.15, 0.2) is 0 Å². The fraction of sp³-hybridized carbons (Fsp3) is 0.370. The van der Waals surface area contributed by atoms with Crippen LogP contribution in [-0.4, -0.2) is 53.7 Å². The molecule has 0 aromatic heterocycles. The Morgan fingerprint density at radius 3 is 2.21 bits per heavy atom. The standard InChI is InChI=1S/C27H28N2O5/c1-2-18-13-15-29(16-14-18)26(32)24(11-12-25(30)31)28-27(33)34-17-23-21-9-5-3-7-19(21)20-8-4-6-10-22(20)23/h1,3-10,18,23-24H,11-17H2,(H,28,33)(H,30,31). The van der Waals surface area contributed by atoms with Crippen molar-refractivity contribution in [2.45, 2.75) is 37.6 Å². The van der Waals surface area contributed by atoms with E-state index in [-0.39, 0.29) is 37.2 Å². The van der Waals surface area contributed by atoms with E-state index in [9.17, 15) is 14.4 Å². The number of piperidine rings is 1. The summed E-state index contributed by atoms with van der Waals surface area (Å²) in [6.07, 6.45) is 5.90. The van der Waals surface area contributed by atoms with Gasteiger partial charge in [-0.1, -0.05) is 48.5 Å². The molecule has 34 heavy (non-hydrogen) atoms. The third-order valence-electron chi connectivity index (χ3n) is 6.62. The third kappa shape index (κ3) is 5.07. The molecule has 1 aliphatic carbocycles. The van der Waals surface area contributed by atoms with Crippen LogP contribution in [0.4, 0.5) is 4.79 Å². The van der Waals surface area contributed by atoms with Crippen LogP contribution in [0.3, 0.4) is 0 Å². The number of alkyl carbamates (subject to hydrolysis) is 1. The smallest absolute Gasteiger partial charge is 0.407 e. The van der Waals surface area contributed by atoms with Crippen molar-refractivity contribution in [2.75, 3.05) is 19.7 Å². The van der Waals surface area contributed by atoms with Crippen LogP contribution in [0.25, 0.3) is 11.1 Å². The highest BCUT2D eigenvalue weighted by molar-refractivity contribution is 5.86. The zero-order valence-corrected chi connectivity index (χ0v) is 18.9. The quantitative estimate of drug-likeness (QED) is 0.615. The molecule has 1 heterocycles. The SMILES string of the molecule is C#CC1CCN(C(=O)C(CCC(=O)O)NC(=O)OCC2c3ccccc3-c3ccccc32)CC1. The van der Waals surface area contributed by atoms with Crippen molar-refractivity contribution in [3.63, 3.8) is 0 Å². The van der Waals surface area contributed by atoms with E-state index in [0.717, 1.165) is 22.3 Å². The molecule has 1 unspecified atom stereocenters. The van der Waals surface area contributed by atoms with Gasteiger partial charge in [-0.2, -0.15) is 0 Å². The van der Waals surface area contributed by atoms with E-state index in [4.69, 9.17) is 16.3 Å². The lowest BCUT2D eigenvalue weighted by atomic mass is 9.97. The molecule has 0 bridgehead atoms. The number of nitrogens with one attached hydrogen (secondary N) is 1. The Bertz CT molecular complexity index is 1070. The van der Waals surface area contributed by atoms with Crippen molar-refractivity contribution < 1.29 is 24.2 Å². The maximum Gasteiger partial charge on any atom is 0.407 e. The van der Waals surface area contributed by atoms with Crippen LogP contribution in [0.15, 0.2) is 48.5 Å². The average molecular weight is 461 g/mol. The minimum Gasteiger partial charge on any atom is -0.481 e. The van der Waals surface area contributed by atoms with Gasteiger partial charge in [0.1, 0.15) is 12.6 Å². The van der Waals surface area contributed by atoms with Gasteiger partial charge in [0.05, 0.1) is 0 Å². The van der Waals surface area contributed by atoms with Gasteiger partial charge in [-0.15, -0.1) is 12.3 Å². The van der Waals surface area contributed by atoms with E-state index >= 15 is 0 Å². The fourth-order valence-corrected chi connectivity index (χ4v) is 4.79. The summed E-state index contributed by atoms with van der Waals surface area (Å²) in [5.74, 6) is 1.42. The van der Waals surface area contributed by atoms with Gasteiger partial charge in [0, 0.05) is 31.3 Å². The summed E-state index contributed by atoms with van der Waals surface area (Å²) in [7, 11) is 0. The Labute approximate surface area is 199 Å². The largest absolute Gasteiger partial charge is 0.481 e. The third-order valence-corrected chi connectivity index (χ3v) is 6.62. The number of carbonyl (C=O) groups excluding carboxylic acids is 2. The zero-order chi connectivity index (χ0) is 24.1. The molecule has 0 radical (unpaired) electrons. The first-order chi connectivity index (χ1) is 16.5. The number of carboxylic acids is 1. The Hall–Kier alpha value is -3.79. The molecule has 1 atom stereocenters. The molecule has 0 spiro atoms. The molecule has 1 aliphatic heterocycles. The number of hydrogen-bond acceptors (Lipinski definition) is 4. The fourth-order valence-electron chi connectivity index (χ4n) is 4.79. The Morgan fingerprint density at radius 1 is 1.06 bits per heavy atom. The molecule has 2 aromatic rings. The highest BCUT2D eigenvalue weighted by Gasteiger charge is 2.32. The van der Waals surface area contributed by atoms with Gasteiger partial charge in [-0.3, -0.25) is 9.59 Å². The maximum atomic E-state index is 13.0. The van der Waals surface area contributed by atoms with Gasteiger partial charge >= 0.3 is 12.1 Å². The first kappa shape index (κ1) is 23.4. The van der Waals surface area contributed by atoms with Gasteiger partial charge in [0.25, 0.3) is 0 Å². The molecule has 2 N–H and O–H groups in total. The monoisotopic (exact) mass is 460 g/mol. The van der Waals surface area contributed by atoms with Gasteiger partial charge in [0.2, 0.25) is 5.91 Å². The first-order valence-corrected chi connectivity index (χ1v) is 11.6. The molecule has 1 saturated heterocycles. The number of hydrogen-bond donors (Lipinski definition) is 2. The number of amides is 2. The van der Waals surface area contributed by atoms with Crippen LogP contribution in [0.2, 0.25) is 0 Å². The molecule has 176 valence electrons. The first-order valence-electron chi connectivity index (χ1n) is 11.6. The molecule has 0 saturated carbocycles. The summed E-state index contributed by atoms with van der Waals surface area (Å²) < 4.78 is 5.55. The summed E-state index contributed by atoms with van der Waals surface area (Å²) in [4.78, 5) is 38.5. The predicted molar refractivity (Wildman–Crippen MR) is 127 cm³/mol. The average Bonchev–Trinajstić information content (AvgIpc) is 3.18. The number of benzene rings is 2. The van der Waals surface area contributed by atoms with E-state index in [1.54, 1.807) is 4.90 Å². The molecule has 7 nitrogen and oxygen atoms in total. The van der Waals surface area contributed by atoms with Gasteiger partial charge < -0.3 is 20.1 Å². The van der Waals surface area contributed by atoms with Gasteiger partial charge in [-0.05, 0) is 41.5 Å². The minimum absolute atomic E-state index is 0.00652. The van der Waals surface area contributed by atoms with Crippen molar-refractivity contribution >= 4 is 18.0 Å². The molecule has 2 amide bonds.